The number of hydrogen-bond donors (Lipinski definition) is 0. The minimum absolute atomic E-state index is 0.255. The third-order valence-electron chi connectivity index (χ3n) is 4.61. The normalized spacial score (nSPS) is 12.3. The Bertz CT molecular complexity index is 1250. The molecule has 7 nitrogen and oxygen atoms in total. The Hall–Kier alpha value is -2.23. The molecule has 0 radical (unpaired) electrons. The van der Waals surface area contributed by atoms with Crippen LogP contribution >= 0.6 is 43.5 Å². The maximum atomic E-state index is 13.1. The van der Waals surface area contributed by atoms with E-state index in [9.17, 15) is 9.59 Å². The molecule has 0 saturated heterocycles. The van der Waals surface area contributed by atoms with Gasteiger partial charge in [0, 0.05) is 10.9 Å². The second-order valence-corrected chi connectivity index (χ2v) is 9.30. The summed E-state index contributed by atoms with van der Waals surface area (Å²) >= 11 is 13.2. The van der Waals surface area contributed by atoms with E-state index in [0.29, 0.717) is 38.9 Å². The predicted octanol–water partition coefficient (Wildman–Crippen LogP) is 5.74. The van der Waals surface area contributed by atoms with Gasteiger partial charge in [0.25, 0.3) is 5.56 Å². The summed E-state index contributed by atoms with van der Waals surface area (Å²) in [4.78, 5) is 29.6. The zero-order valence-electron chi connectivity index (χ0n) is 18.3. The minimum atomic E-state index is -0.823. The van der Waals surface area contributed by atoms with E-state index in [2.05, 4.69) is 41.9 Å². The highest BCUT2D eigenvalue weighted by atomic mass is 79.9. The molecule has 0 bridgehead atoms. The van der Waals surface area contributed by atoms with Gasteiger partial charge in [-0.3, -0.25) is 4.79 Å². The standard InChI is InChI=1S/C23H22Br2ClN3O4/c1-4-6-20-28-19-8-7-15(24)11-16(19)22(30)29(20)27-12-14-9-17(25)21(18(26)10-14)33-13(3)23(31)32-5-2/h7-13H,4-6H2,1-3H3/t13-/m0/s1. The molecule has 0 spiro atoms. The zero-order valence-corrected chi connectivity index (χ0v) is 22.2. The molecule has 2 aromatic carbocycles. The van der Waals surface area contributed by atoms with E-state index < -0.39 is 12.1 Å². The molecule has 0 N–H and O–H groups in total. The first-order chi connectivity index (χ1) is 15.7. The lowest BCUT2D eigenvalue weighted by Gasteiger charge is -2.16. The largest absolute Gasteiger partial charge is 0.476 e. The van der Waals surface area contributed by atoms with Crippen LogP contribution in [-0.4, -0.2) is 34.6 Å². The predicted molar refractivity (Wildman–Crippen MR) is 137 cm³/mol. The number of hydrogen-bond acceptors (Lipinski definition) is 6. The number of fused-ring (bicyclic) bond motifs is 1. The molecule has 0 aliphatic heterocycles. The van der Waals surface area contributed by atoms with E-state index in [4.69, 9.17) is 21.1 Å². The first-order valence-electron chi connectivity index (χ1n) is 10.3. The summed E-state index contributed by atoms with van der Waals surface area (Å²) in [6.07, 6.45) is 2.12. The first kappa shape index (κ1) is 25.4. The van der Waals surface area contributed by atoms with Crippen molar-refractivity contribution in [3.05, 3.63) is 66.0 Å². The van der Waals surface area contributed by atoms with Crippen molar-refractivity contribution in [1.82, 2.24) is 9.66 Å². The van der Waals surface area contributed by atoms with Crippen molar-refractivity contribution in [2.75, 3.05) is 6.61 Å². The highest BCUT2D eigenvalue weighted by Crippen LogP contribution is 2.35. The van der Waals surface area contributed by atoms with E-state index in [0.717, 1.165) is 10.9 Å². The Balaban J connectivity index is 1.96. The summed E-state index contributed by atoms with van der Waals surface area (Å²) in [6.45, 7) is 5.58. The van der Waals surface area contributed by atoms with Crippen molar-refractivity contribution in [3.63, 3.8) is 0 Å². The topological polar surface area (TPSA) is 82.8 Å². The second-order valence-electron chi connectivity index (χ2n) is 7.13. The fourth-order valence-corrected chi connectivity index (χ4v) is 4.39. The number of benzene rings is 2. The smallest absolute Gasteiger partial charge is 0.347 e. The second kappa shape index (κ2) is 11.3. The van der Waals surface area contributed by atoms with Gasteiger partial charge in [-0.1, -0.05) is 34.5 Å². The van der Waals surface area contributed by atoms with Gasteiger partial charge in [0.2, 0.25) is 0 Å². The lowest BCUT2D eigenvalue weighted by atomic mass is 10.2. The van der Waals surface area contributed by atoms with Gasteiger partial charge >= 0.3 is 5.97 Å². The summed E-state index contributed by atoms with van der Waals surface area (Å²) in [5, 5.41) is 5.16. The highest BCUT2D eigenvalue weighted by molar-refractivity contribution is 9.10. The zero-order chi connectivity index (χ0) is 24.1. The number of aromatic nitrogens is 2. The third kappa shape index (κ3) is 6.02. The molecule has 1 heterocycles. The molecule has 1 aromatic heterocycles. The van der Waals surface area contributed by atoms with Gasteiger partial charge in [0.15, 0.2) is 11.9 Å². The molecule has 0 aliphatic carbocycles. The SMILES string of the molecule is CCCc1nc2ccc(Br)cc2c(=O)n1N=Cc1cc(Cl)c(O[C@@H](C)C(=O)OCC)c(Br)c1. The maximum absolute atomic E-state index is 13.1. The van der Waals surface area contributed by atoms with Crippen LogP contribution in [0, 0.1) is 0 Å². The first-order valence-corrected chi connectivity index (χ1v) is 12.3. The van der Waals surface area contributed by atoms with Crippen molar-refractivity contribution in [2.24, 2.45) is 5.10 Å². The minimum Gasteiger partial charge on any atom is -0.476 e. The Kier molecular flexibility index (Phi) is 8.67. The lowest BCUT2D eigenvalue weighted by molar-refractivity contribution is -0.150. The van der Waals surface area contributed by atoms with Crippen molar-refractivity contribution in [2.45, 2.75) is 39.7 Å². The molecular formula is C23H22Br2ClN3O4. The number of nitrogens with zero attached hydrogens (tertiary/aromatic N) is 3. The molecule has 0 aliphatic rings. The molecule has 33 heavy (non-hydrogen) atoms. The highest BCUT2D eigenvalue weighted by Gasteiger charge is 2.19. The van der Waals surface area contributed by atoms with Crippen LogP contribution in [0.3, 0.4) is 0 Å². The summed E-state index contributed by atoms with van der Waals surface area (Å²) < 4.78 is 13.3. The fraction of sp³-hybridized carbons (Fsp3) is 0.304. The van der Waals surface area contributed by atoms with Crippen molar-refractivity contribution in [1.29, 1.82) is 0 Å². The third-order valence-corrected chi connectivity index (χ3v) is 5.97. The number of carbonyl (C=O) groups excluding carboxylic acids is 1. The molecule has 0 unspecified atom stereocenters. The number of halogens is 3. The number of rotatable bonds is 8. The van der Waals surface area contributed by atoms with Gasteiger partial charge in [-0.05, 0) is 72.1 Å². The molecule has 10 heteroatoms. The fourth-order valence-electron chi connectivity index (χ4n) is 3.07. The van der Waals surface area contributed by atoms with Gasteiger partial charge < -0.3 is 9.47 Å². The Morgan fingerprint density at radius 1 is 1.27 bits per heavy atom. The van der Waals surface area contributed by atoms with Crippen LogP contribution in [0.2, 0.25) is 5.02 Å². The van der Waals surface area contributed by atoms with E-state index in [1.54, 1.807) is 38.1 Å². The van der Waals surface area contributed by atoms with Crippen LogP contribution in [0.1, 0.15) is 38.6 Å². The molecule has 3 aromatic rings. The van der Waals surface area contributed by atoms with Crippen molar-refractivity contribution in [3.8, 4) is 5.75 Å². The van der Waals surface area contributed by atoms with Crippen molar-refractivity contribution >= 4 is 66.5 Å². The monoisotopic (exact) mass is 597 g/mol. The molecular weight excluding hydrogens is 578 g/mol. The molecule has 0 saturated carbocycles. The average Bonchev–Trinajstić information content (AvgIpc) is 2.76. The van der Waals surface area contributed by atoms with Crippen LogP contribution in [0.25, 0.3) is 10.9 Å². The van der Waals surface area contributed by atoms with Crippen LogP contribution in [0.4, 0.5) is 0 Å². The molecule has 0 fully saturated rings. The lowest BCUT2D eigenvalue weighted by Crippen LogP contribution is -2.26. The summed E-state index contributed by atoms with van der Waals surface area (Å²) in [7, 11) is 0. The Labute approximate surface area is 213 Å². The van der Waals surface area contributed by atoms with Gasteiger partial charge in [-0.15, -0.1) is 0 Å². The van der Waals surface area contributed by atoms with Gasteiger partial charge in [-0.2, -0.15) is 9.78 Å². The van der Waals surface area contributed by atoms with Crippen LogP contribution in [-0.2, 0) is 16.0 Å². The number of esters is 1. The Morgan fingerprint density at radius 3 is 2.70 bits per heavy atom. The van der Waals surface area contributed by atoms with Gasteiger partial charge in [-0.25, -0.2) is 9.78 Å². The molecule has 174 valence electrons. The van der Waals surface area contributed by atoms with Crippen molar-refractivity contribution < 1.29 is 14.3 Å². The average molecular weight is 600 g/mol. The summed E-state index contributed by atoms with van der Waals surface area (Å²) in [5.41, 5.74) is 1.00. The Morgan fingerprint density at radius 2 is 2.03 bits per heavy atom. The number of ether oxygens (including phenoxy) is 2. The number of carbonyl (C=O) groups is 1. The molecule has 0 amide bonds. The van der Waals surface area contributed by atoms with E-state index in [1.807, 2.05) is 13.0 Å². The van der Waals surface area contributed by atoms with E-state index >= 15 is 0 Å². The van der Waals surface area contributed by atoms with E-state index in [1.165, 1.54) is 10.9 Å². The van der Waals surface area contributed by atoms with Gasteiger partial charge in [0.1, 0.15) is 5.82 Å². The van der Waals surface area contributed by atoms with Crippen LogP contribution < -0.4 is 10.3 Å². The summed E-state index contributed by atoms with van der Waals surface area (Å²) in [5.74, 6) is 0.404. The van der Waals surface area contributed by atoms with Gasteiger partial charge in [0.05, 0.1) is 33.2 Å². The van der Waals surface area contributed by atoms with Crippen LogP contribution in [0.15, 0.2) is 49.2 Å². The quantitative estimate of drug-likeness (QED) is 0.244. The molecule has 3 rings (SSSR count). The van der Waals surface area contributed by atoms with Crippen LogP contribution in [0.5, 0.6) is 5.75 Å². The molecule has 1 atom stereocenters. The summed E-state index contributed by atoms with van der Waals surface area (Å²) in [6, 6.07) is 8.76. The van der Waals surface area contributed by atoms with E-state index in [-0.39, 0.29) is 17.2 Å². The number of aryl methyl sites for hydroxylation is 1. The maximum Gasteiger partial charge on any atom is 0.347 e.